The lowest BCUT2D eigenvalue weighted by Gasteiger charge is -2.17. The minimum absolute atomic E-state index is 0.0743. The first-order chi connectivity index (χ1) is 8.60. The van der Waals surface area contributed by atoms with Crippen LogP contribution in [0, 0.1) is 0 Å². The van der Waals surface area contributed by atoms with Crippen LogP contribution in [0.4, 0.5) is 0 Å². The van der Waals surface area contributed by atoms with E-state index in [1.165, 1.54) is 11.1 Å². The van der Waals surface area contributed by atoms with Crippen LogP contribution in [0.1, 0.15) is 50.3 Å². The third-order valence-electron chi connectivity index (χ3n) is 3.70. The average molecular weight is 249 g/mol. The van der Waals surface area contributed by atoms with Crippen molar-refractivity contribution in [3.63, 3.8) is 0 Å². The van der Waals surface area contributed by atoms with Crippen molar-refractivity contribution in [1.82, 2.24) is 9.88 Å². The summed E-state index contributed by atoms with van der Waals surface area (Å²) in [5.41, 5.74) is 8.61. The Hall–Kier alpha value is -1.29. The highest BCUT2D eigenvalue weighted by Gasteiger charge is 2.19. The van der Waals surface area contributed by atoms with E-state index in [0.29, 0.717) is 6.54 Å². The number of hydrogen-bond acceptors (Lipinski definition) is 2. The summed E-state index contributed by atoms with van der Waals surface area (Å²) in [7, 11) is 0. The third kappa shape index (κ3) is 2.93. The first-order valence-corrected chi connectivity index (χ1v) is 6.83. The molecule has 0 aliphatic heterocycles. The summed E-state index contributed by atoms with van der Waals surface area (Å²) in [6.45, 7) is 4.48. The molecule has 2 rings (SSSR count). The molecule has 0 saturated carbocycles. The van der Waals surface area contributed by atoms with Gasteiger partial charge in [0.1, 0.15) is 6.54 Å². The van der Waals surface area contributed by atoms with Crippen molar-refractivity contribution in [2.45, 2.75) is 58.2 Å². The number of nitrogens with zero attached hydrogens (tertiary/aromatic N) is 1. The average Bonchev–Trinajstić information content (AvgIpc) is 2.72. The molecule has 1 amide bonds. The molecule has 1 aromatic rings. The van der Waals surface area contributed by atoms with Crippen LogP contribution in [-0.2, 0) is 17.8 Å². The normalized spacial score (nSPS) is 20.3. The zero-order valence-electron chi connectivity index (χ0n) is 11.3. The lowest BCUT2D eigenvalue weighted by Crippen LogP contribution is -2.34. The summed E-state index contributed by atoms with van der Waals surface area (Å²) in [5.74, 6) is 0.0743. The predicted molar refractivity (Wildman–Crippen MR) is 72.2 cm³/mol. The highest BCUT2D eigenvalue weighted by molar-refractivity contribution is 5.76. The van der Waals surface area contributed by atoms with Crippen LogP contribution in [0.5, 0.6) is 0 Å². The number of amides is 1. The molecular weight excluding hydrogens is 226 g/mol. The van der Waals surface area contributed by atoms with Gasteiger partial charge < -0.3 is 15.6 Å². The van der Waals surface area contributed by atoms with E-state index in [0.717, 1.165) is 25.7 Å². The minimum Gasteiger partial charge on any atom is -0.352 e. The van der Waals surface area contributed by atoms with Crippen molar-refractivity contribution >= 4 is 5.91 Å². The fraction of sp³-hybridized carbons (Fsp3) is 0.643. The first kappa shape index (κ1) is 13.1. The van der Waals surface area contributed by atoms with Gasteiger partial charge in [-0.3, -0.25) is 4.79 Å². The molecule has 0 spiro atoms. The molecule has 3 N–H and O–H groups in total. The smallest absolute Gasteiger partial charge is 0.240 e. The molecular formula is C14H23N3O. The number of carbonyl (C=O) groups is 1. The molecule has 2 unspecified atom stereocenters. The number of fused-ring (bicyclic) bond motifs is 1. The highest BCUT2D eigenvalue weighted by Crippen LogP contribution is 2.28. The van der Waals surface area contributed by atoms with Crippen LogP contribution in [0.15, 0.2) is 12.4 Å². The Morgan fingerprint density at radius 1 is 1.61 bits per heavy atom. The molecule has 1 aliphatic rings. The van der Waals surface area contributed by atoms with Gasteiger partial charge in [0.15, 0.2) is 0 Å². The summed E-state index contributed by atoms with van der Waals surface area (Å²) >= 11 is 0. The molecule has 4 heteroatoms. The molecule has 0 fully saturated rings. The Kier molecular flexibility index (Phi) is 4.07. The number of rotatable bonds is 4. The van der Waals surface area contributed by atoms with E-state index >= 15 is 0 Å². The molecule has 0 saturated heterocycles. The maximum atomic E-state index is 11.8. The largest absolute Gasteiger partial charge is 0.352 e. The number of aromatic nitrogens is 1. The van der Waals surface area contributed by atoms with Crippen LogP contribution in [0.3, 0.4) is 0 Å². The third-order valence-corrected chi connectivity index (χ3v) is 3.70. The van der Waals surface area contributed by atoms with Gasteiger partial charge in [-0.2, -0.15) is 0 Å². The van der Waals surface area contributed by atoms with Crippen molar-refractivity contribution < 1.29 is 4.79 Å². The van der Waals surface area contributed by atoms with Gasteiger partial charge in [0.25, 0.3) is 0 Å². The fourth-order valence-corrected chi connectivity index (χ4v) is 2.46. The lowest BCUT2D eigenvalue weighted by atomic mass is 9.92. The van der Waals surface area contributed by atoms with E-state index in [1.807, 2.05) is 17.7 Å². The maximum absolute atomic E-state index is 11.8. The summed E-state index contributed by atoms with van der Waals surface area (Å²) in [6, 6.07) is 0.387. The van der Waals surface area contributed by atoms with E-state index in [-0.39, 0.29) is 18.0 Å². The Morgan fingerprint density at radius 2 is 2.39 bits per heavy atom. The van der Waals surface area contributed by atoms with Crippen LogP contribution in [0.2, 0.25) is 0 Å². The molecule has 1 aliphatic carbocycles. The van der Waals surface area contributed by atoms with E-state index in [4.69, 9.17) is 5.73 Å². The van der Waals surface area contributed by atoms with Crippen LogP contribution < -0.4 is 11.1 Å². The van der Waals surface area contributed by atoms with Crippen molar-refractivity contribution in [1.29, 1.82) is 0 Å². The lowest BCUT2D eigenvalue weighted by molar-refractivity contribution is -0.122. The van der Waals surface area contributed by atoms with E-state index in [1.54, 1.807) is 0 Å². The number of carbonyl (C=O) groups excluding carboxylic acids is 1. The van der Waals surface area contributed by atoms with E-state index in [2.05, 4.69) is 18.4 Å². The van der Waals surface area contributed by atoms with Gasteiger partial charge in [0.05, 0.1) is 0 Å². The first-order valence-electron chi connectivity index (χ1n) is 6.83. The van der Waals surface area contributed by atoms with Gasteiger partial charge in [-0.05, 0) is 43.7 Å². The van der Waals surface area contributed by atoms with Crippen molar-refractivity contribution in [2.24, 2.45) is 5.73 Å². The quantitative estimate of drug-likeness (QED) is 0.854. The molecule has 4 nitrogen and oxygen atoms in total. The standard InChI is InChI=1S/C14H23N3O/c1-3-10(2)16-14(18)9-17-7-11-5-4-6-13(15)12(11)8-17/h7-8,10,13H,3-6,9,15H2,1-2H3,(H,16,18). The zero-order chi connectivity index (χ0) is 13.1. The molecule has 1 heterocycles. The van der Waals surface area contributed by atoms with Crippen molar-refractivity contribution in [2.75, 3.05) is 0 Å². The zero-order valence-corrected chi connectivity index (χ0v) is 11.3. The molecule has 0 bridgehead atoms. The van der Waals surface area contributed by atoms with Gasteiger partial charge in [-0.15, -0.1) is 0 Å². The fourth-order valence-electron chi connectivity index (χ4n) is 2.46. The van der Waals surface area contributed by atoms with Gasteiger partial charge in [0.2, 0.25) is 5.91 Å². The minimum atomic E-state index is 0.0743. The van der Waals surface area contributed by atoms with Crippen molar-refractivity contribution in [3.8, 4) is 0 Å². The van der Waals surface area contributed by atoms with Crippen molar-refractivity contribution in [3.05, 3.63) is 23.5 Å². The van der Waals surface area contributed by atoms with Gasteiger partial charge in [-0.1, -0.05) is 6.92 Å². The van der Waals surface area contributed by atoms with Gasteiger partial charge in [0, 0.05) is 24.5 Å². The molecule has 18 heavy (non-hydrogen) atoms. The Morgan fingerprint density at radius 3 is 3.06 bits per heavy atom. The Balaban J connectivity index is 2.00. The second-order valence-corrected chi connectivity index (χ2v) is 5.29. The molecule has 2 atom stereocenters. The van der Waals surface area contributed by atoms with Gasteiger partial charge in [-0.25, -0.2) is 0 Å². The summed E-state index contributed by atoms with van der Waals surface area (Å²) in [6.07, 6.45) is 8.36. The highest BCUT2D eigenvalue weighted by atomic mass is 16.2. The molecule has 0 radical (unpaired) electrons. The van der Waals surface area contributed by atoms with Crippen LogP contribution >= 0.6 is 0 Å². The van der Waals surface area contributed by atoms with E-state index < -0.39 is 0 Å². The monoisotopic (exact) mass is 249 g/mol. The molecule has 100 valence electrons. The van der Waals surface area contributed by atoms with Crippen LogP contribution in [0.25, 0.3) is 0 Å². The van der Waals surface area contributed by atoms with Gasteiger partial charge >= 0.3 is 0 Å². The molecule has 0 aromatic carbocycles. The number of hydrogen-bond donors (Lipinski definition) is 2. The topological polar surface area (TPSA) is 60.0 Å². The van der Waals surface area contributed by atoms with Crippen LogP contribution in [-0.4, -0.2) is 16.5 Å². The molecule has 1 aromatic heterocycles. The Bertz CT molecular complexity index is 425. The summed E-state index contributed by atoms with van der Waals surface area (Å²) in [5, 5.41) is 2.98. The van der Waals surface area contributed by atoms with E-state index in [9.17, 15) is 4.79 Å². The Labute approximate surface area is 109 Å². The predicted octanol–water partition coefficient (Wildman–Crippen LogP) is 1.74. The summed E-state index contributed by atoms with van der Waals surface area (Å²) < 4.78 is 1.97. The maximum Gasteiger partial charge on any atom is 0.240 e. The SMILES string of the molecule is CCC(C)NC(=O)Cn1cc2c(c1)C(N)CCC2. The number of nitrogens with one attached hydrogen (secondary N) is 1. The number of aryl methyl sites for hydroxylation is 1. The second-order valence-electron chi connectivity index (χ2n) is 5.29. The number of nitrogens with two attached hydrogens (primary N) is 1. The second kappa shape index (κ2) is 5.57. The summed E-state index contributed by atoms with van der Waals surface area (Å²) in [4.78, 5) is 11.8.